The third kappa shape index (κ3) is 3.50. The van der Waals surface area contributed by atoms with Crippen LogP contribution in [0.25, 0.3) is 33.7 Å². The zero-order valence-corrected chi connectivity index (χ0v) is 16.0. The zero-order chi connectivity index (χ0) is 19.2. The van der Waals surface area contributed by atoms with E-state index < -0.39 is 0 Å². The lowest BCUT2D eigenvalue weighted by molar-refractivity contribution is 0.590. The van der Waals surface area contributed by atoms with Crippen molar-refractivity contribution in [2.75, 3.05) is 0 Å². The van der Waals surface area contributed by atoms with Crippen LogP contribution in [0.15, 0.2) is 65.1 Å². The van der Waals surface area contributed by atoms with E-state index in [0.717, 1.165) is 27.9 Å². The molecule has 2 heterocycles. The lowest BCUT2D eigenvalue weighted by Crippen LogP contribution is -2.11. The Bertz CT molecular complexity index is 1120. The molecule has 0 N–H and O–H groups in total. The van der Waals surface area contributed by atoms with Crippen molar-refractivity contribution < 1.29 is 8.81 Å². The van der Waals surface area contributed by atoms with Gasteiger partial charge in [0.2, 0.25) is 0 Å². The third-order valence-corrected chi connectivity index (χ3v) is 4.74. The van der Waals surface area contributed by atoms with Gasteiger partial charge in [0.25, 0.3) is 0 Å². The molecule has 2 aromatic carbocycles. The van der Waals surface area contributed by atoms with E-state index in [1.807, 2.05) is 18.2 Å². The van der Waals surface area contributed by atoms with E-state index in [0.29, 0.717) is 5.76 Å². The second kappa shape index (κ2) is 6.34. The Morgan fingerprint density at radius 2 is 1.59 bits per heavy atom. The van der Waals surface area contributed by atoms with Gasteiger partial charge in [-0.05, 0) is 66.4 Å². The van der Waals surface area contributed by atoms with E-state index in [2.05, 4.69) is 45.9 Å². The van der Waals surface area contributed by atoms with E-state index in [-0.39, 0.29) is 11.2 Å². The monoisotopic (exact) mass is 359 g/mol. The molecule has 0 aliphatic heterocycles. The van der Waals surface area contributed by atoms with Gasteiger partial charge in [0.15, 0.2) is 5.58 Å². The van der Waals surface area contributed by atoms with Gasteiger partial charge in [-0.15, -0.1) is 0 Å². The number of aromatic nitrogens is 1. The summed E-state index contributed by atoms with van der Waals surface area (Å²) < 4.78 is 19.1. The van der Waals surface area contributed by atoms with Crippen LogP contribution in [0.5, 0.6) is 0 Å². The van der Waals surface area contributed by atoms with Crippen LogP contribution in [-0.2, 0) is 5.41 Å². The number of halogens is 1. The van der Waals surface area contributed by atoms with E-state index >= 15 is 0 Å². The summed E-state index contributed by atoms with van der Waals surface area (Å²) in [6.45, 7) is 8.76. The molecule has 0 aliphatic carbocycles. The summed E-state index contributed by atoms with van der Waals surface area (Å²) in [7, 11) is 0. The van der Waals surface area contributed by atoms with Gasteiger partial charge in [-0.1, -0.05) is 32.4 Å². The minimum atomic E-state index is -0.260. The summed E-state index contributed by atoms with van der Waals surface area (Å²) in [5, 5.41) is 0. The Morgan fingerprint density at radius 1 is 0.852 bits per heavy atom. The SMILES string of the molecule is Cc1cc(-c2ccc3oc(-c4ccc(F)cc4)cc3n2)cc(C(C)(C)C)c1. The molecule has 0 amide bonds. The van der Waals surface area contributed by atoms with Crippen LogP contribution in [0.1, 0.15) is 31.9 Å². The maximum Gasteiger partial charge on any atom is 0.153 e. The van der Waals surface area contributed by atoms with E-state index in [4.69, 9.17) is 9.40 Å². The van der Waals surface area contributed by atoms with Crippen molar-refractivity contribution in [3.63, 3.8) is 0 Å². The second-order valence-electron chi connectivity index (χ2n) is 8.04. The smallest absolute Gasteiger partial charge is 0.153 e. The largest absolute Gasteiger partial charge is 0.454 e. The lowest BCUT2D eigenvalue weighted by Gasteiger charge is -2.20. The van der Waals surface area contributed by atoms with Gasteiger partial charge in [-0.25, -0.2) is 9.37 Å². The molecule has 0 saturated carbocycles. The Hall–Kier alpha value is -2.94. The van der Waals surface area contributed by atoms with Crippen LogP contribution in [-0.4, -0.2) is 4.98 Å². The fourth-order valence-electron chi connectivity index (χ4n) is 3.21. The molecule has 0 unspecified atom stereocenters. The minimum absolute atomic E-state index is 0.0796. The average molecular weight is 359 g/mol. The molecule has 4 rings (SSSR count). The maximum atomic E-state index is 13.2. The van der Waals surface area contributed by atoms with Gasteiger partial charge in [0.05, 0.1) is 5.69 Å². The highest BCUT2D eigenvalue weighted by Crippen LogP contribution is 2.31. The van der Waals surface area contributed by atoms with Gasteiger partial charge in [0.1, 0.15) is 17.1 Å². The summed E-state index contributed by atoms with van der Waals surface area (Å²) >= 11 is 0. The zero-order valence-electron chi connectivity index (χ0n) is 16.0. The molecule has 0 aliphatic rings. The molecule has 0 bridgehead atoms. The Balaban J connectivity index is 1.78. The molecule has 2 aromatic heterocycles. The van der Waals surface area contributed by atoms with Crippen LogP contribution in [0.3, 0.4) is 0 Å². The number of rotatable bonds is 2. The number of fused-ring (bicyclic) bond motifs is 1. The van der Waals surface area contributed by atoms with Crippen LogP contribution in [0, 0.1) is 12.7 Å². The predicted molar refractivity (Wildman–Crippen MR) is 108 cm³/mol. The molecule has 0 spiro atoms. The third-order valence-electron chi connectivity index (χ3n) is 4.74. The maximum absolute atomic E-state index is 13.2. The summed E-state index contributed by atoms with van der Waals surface area (Å²) in [5.41, 5.74) is 6.97. The van der Waals surface area contributed by atoms with Gasteiger partial charge in [-0.3, -0.25) is 0 Å². The fourth-order valence-corrected chi connectivity index (χ4v) is 3.21. The summed E-state index contributed by atoms with van der Waals surface area (Å²) in [6.07, 6.45) is 0. The van der Waals surface area contributed by atoms with Gasteiger partial charge < -0.3 is 4.42 Å². The summed E-state index contributed by atoms with van der Waals surface area (Å²) in [4.78, 5) is 4.81. The highest BCUT2D eigenvalue weighted by atomic mass is 19.1. The van der Waals surface area contributed by atoms with Gasteiger partial charge in [-0.2, -0.15) is 0 Å². The van der Waals surface area contributed by atoms with Crippen molar-refractivity contribution in [1.82, 2.24) is 4.98 Å². The second-order valence-corrected chi connectivity index (χ2v) is 8.04. The molecule has 0 fully saturated rings. The van der Waals surface area contributed by atoms with Crippen LogP contribution >= 0.6 is 0 Å². The van der Waals surface area contributed by atoms with Crippen molar-refractivity contribution in [3.05, 3.63) is 77.6 Å². The molecule has 0 saturated heterocycles. The normalized spacial score (nSPS) is 11.9. The molecule has 136 valence electrons. The Morgan fingerprint density at radius 3 is 2.30 bits per heavy atom. The molecule has 0 radical (unpaired) electrons. The molecule has 3 heteroatoms. The van der Waals surface area contributed by atoms with Crippen molar-refractivity contribution in [3.8, 4) is 22.6 Å². The number of pyridine rings is 1. The van der Waals surface area contributed by atoms with Crippen LogP contribution < -0.4 is 0 Å². The van der Waals surface area contributed by atoms with Crippen LogP contribution in [0.2, 0.25) is 0 Å². The highest BCUT2D eigenvalue weighted by Gasteiger charge is 2.16. The number of hydrogen-bond donors (Lipinski definition) is 0. The average Bonchev–Trinajstić information content (AvgIpc) is 3.04. The number of hydrogen-bond acceptors (Lipinski definition) is 2. The first-order valence-electron chi connectivity index (χ1n) is 9.09. The fraction of sp³-hybridized carbons (Fsp3) is 0.208. The standard InChI is InChI=1S/C24H22FNO/c1-15-11-17(13-18(12-15)24(2,3)4)20-9-10-22-21(26-20)14-23(27-22)16-5-7-19(25)8-6-16/h5-14H,1-4H3. The van der Waals surface area contributed by atoms with E-state index in [9.17, 15) is 4.39 Å². The summed E-state index contributed by atoms with van der Waals surface area (Å²) in [6, 6.07) is 18.7. The highest BCUT2D eigenvalue weighted by molar-refractivity contribution is 5.82. The molecule has 27 heavy (non-hydrogen) atoms. The molecule has 2 nitrogen and oxygen atoms in total. The quantitative estimate of drug-likeness (QED) is 0.389. The lowest BCUT2D eigenvalue weighted by atomic mass is 9.85. The first kappa shape index (κ1) is 17.5. The van der Waals surface area contributed by atoms with Crippen molar-refractivity contribution in [1.29, 1.82) is 0 Å². The van der Waals surface area contributed by atoms with Crippen LogP contribution in [0.4, 0.5) is 4.39 Å². The minimum Gasteiger partial charge on any atom is -0.454 e. The van der Waals surface area contributed by atoms with Crippen molar-refractivity contribution in [2.45, 2.75) is 33.1 Å². The number of aryl methyl sites for hydroxylation is 1. The van der Waals surface area contributed by atoms with E-state index in [1.54, 1.807) is 12.1 Å². The molecule has 0 atom stereocenters. The topological polar surface area (TPSA) is 26.0 Å². The Labute approximate surface area is 158 Å². The molecular weight excluding hydrogens is 337 g/mol. The summed E-state index contributed by atoms with van der Waals surface area (Å²) in [5.74, 6) is 0.429. The van der Waals surface area contributed by atoms with Crippen molar-refractivity contribution >= 4 is 11.1 Å². The molecular formula is C24H22FNO. The number of nitrogens with zero attached hydrogens (tertiary/aromatic N) is 1. The number of benzene rings is 2. The van der Waals surface area contributed by atoms with Gasteiger partial charge >= 0.3 is 0 Å². The first-order valence-corrected chi connectivity index (χ1v) is 9.09. The predicted octanol–water partition coefficient (Wildman–Crippen LogP) is 6.91. The number of furan rings is 1. The molecule has 4 aromatic rings. The van der Waals surface area contributed by atoms with Crippen molar-refractivity contribution in [2.24, 2.45) is 0 Å². The van der Waals surface area contributed by atoms with Gasteiger partial charge in [0, 0.05) is 17.2 Å². The first-order chi connectivity index (χ1) is 12.8. The Kier molecular flexibility index (Phi) is 4.11. The van der Waals surface area contributed by atoms with E-state index in [1.165, 1.54) is 23.3 Å².